The SMILES string of the molecule is Cc1ccccc1C(=O)NC(CC(C)C)C(=O)N1CCN(CC(=O)N2CCCCCC2)CC1. The van der Waals surface area contributed by atoms with Gasteiger partial charge in [0.1, 0.15) is 6.04 Å². The van der Waals surface area contributed by atoms with Crippen molar-refractivity contribution in [2.75, 3.05) is 45.8 Å². The van der Waals surface area contributed by atoms with Gasteiger partial charge in [-0.05, 0) is 43.7 Å². The molecule has 33 heavy (non-hydrogen) atoms. The molecule has 1 N–H and O–H groups in total. The van der Waals surface area contributed by atoms with Crippen LogP contribution in [0.5, 0.6) is 0 Å². The molecule has 7 nitrogen and oxygen atoms in total. The van der Waals surface area contributed by atoms with Crippen LogP contribution >= 0.6 is 0 Å². The molecule has 0 aliphatic carbocycles. The monoisotopic (exact) mass is 456 g/mol. The lowest BCUT2D eigenvalue weighted by Gasteiger charge is -2.37. The zero-order valence-electron chi connectivity index (χ0n) is 20.5. The highest BCUT2D eigenvalue weighted by Crippen LogP contribution is 2.14. The van der Waals surface area contributed by atoms with Crippen LogP contribution in [0.3, 0.4) is 0 Å². The van der Waals surface area contributed by atoms with Gasteiger partial charge in [-0.3, -0.25) is 19.3 Å². The number of benzene rings is 1. The van der Waals surface area contributed by atoms with E-state index >= 15 is 0 Å². The fourth-order valence-corrected chi connectivity index (χ4v) is 4.71. The number of likely N-dealkylation sites (tertiary alicyclic amines) is 1. The number of rotatable bonds is 7. The van der Waals surface area contributed by atoms with Crippen LogP contribution in [0.15, 0.2) is 24.3 Å². The first kappa shape index (κ1) is 25.2. The van der Waals surface area contributed by atoms with Crippen LogP contribution in [0, 0.1) is 12.8 Å². The lowest BCUT2D eigenvalue weighted by atomic mass is 10.0. The van der Waals surface area contributed by atoms with Crippen molar-refractivity contribution in [3.05, 3.63) is 35.4 Å². The minimum atomic E-state index is -0.539. The van der Waals surface area contributed by atoms with Gasteiger partial charge >= 0.3 is 0 Å². The predicted molar refractivity (Wildman–Crippen MR) is 130 cm³/mol. The van der Waals surface area contributed by atoms with Crippen LogP contribution in [-0.4, -0.2) is 84.3 Å². The molecule has 2 fully saturated rings. The number of aryl methyl sites for hydroxylation is 1. The molecule has 182 valence electrons. The van der Waals surface area contributed by atoms with Crippen molar-refractivity contribution < 1.29 is 14.4 Å². The van der Waals surface area contributed by atoms with Crippen molar-refractivity contribution in [1.29, 1.82) is 0 Å². The third kappa shape index (κ3) is 7.29. The molecule has 0 saturated carbocycles. The summed E-state index contributed by atoms with van der Waals surface area (Å²) >= 11 is 0. The number of nitrogens with one attached hydrogen (secondary N) is 1. The number of hydrogen-bond donors (Lipinski definition) is 1. The van der Waals surface area contributed by atoms with E-state index in [1.165, 1.54) is 12.8 Å². The molecule has 1 aromatic rings. The Morgan fingerprint density at radius 3 is 2.12 bits per heavy atom. The van der Waals surface area contributed by atoms with Gasteiger partial charge < -0.3 is 15.1 Å². The quantitative estimate of drug-likeness (QED) is 0.685. The van der Waals surface area contributed by atoms with E-state index in [1.54, 1.807) is 6.07 Å². The van der Waals surface area contributed by atoms with Gasteiger partial charge in [-0.25, -0.2) is 0 Å². The van der Waals surface area contributed by atoms with Crippen molar-refractivity contribution in [3.8, 4) is 0 Å². The molecule has 1 unspecified atom stereocenters. The second kappa shape index (κ2) is 12.2. The Hall–Kier alpha value is -2.41. The number of nitrogens with zero attached hydrogens (tertiary/aromatic N) is 3. The van der Waals surface area contributed by atoms with E-state index in [-0.39, 0.29) is 23.6 Å². The van der Waals surface area contributed by atoms with Gasteiger partial charge in [0.15, 0.2) is 0 Å². The summed E-state index contributed by atoms with van der Waals surface area (Å²) in [4.78, 5) is 44.9. The molecule has 0 bridgehead atoms. The molecule has 1 atom stereocenters. The second-order valence-corrected chi connectivity index (χ2v) is 9.87. The lowest BCUT2D eigenvalue weighted by Crippen LogP contribution is -2.56. The third-order valence-electron chi connectivity index (χ3n) is 6.70. The van der Waals surface area contributed by atoms with E-state index in [4.69, 9.17) is 0 Å². The molecule has 2 saturated heterocycles. The van der Waals surface area contributed by atoms with Gasteiger partial charge in [-0.1, -0.05) is 44.9 Å². The van der Waals surface area contributed by atoms with E-state index in [0.29, 0.717) is 44.7 Å². The molecule has 1 aromatic carbocycles. The van der Waals surface area contributed by atoms with Gasteiger partial charge in [0.25, 0.3) is 5.91 Å². The largest absolute Gasteiger partial charge is 0.342 e. The maximum atomic E-state index is 13.3. The molecular weight excluding hydrogens is 416 g/mol. The van der Waals surface area contributed by atoms with E-state index in [9.17, 15) is 14.4 Å². The minimum absolute atomic E-state index is 0.0240. The molecule has 2 aliphatic rings. The van der Waals surface area contributed by atoms with Gasteiger partial charge in [-0.2, -0.15) is 0 Å². The highest BCUT2D eigenvalue weighted by atomic mass is 16.2. The van der Waals surface area contributed by atoms with Crippen LogP contribution in [-0.2, 0) is 9.59 Å². The Morgan fingerprint density at radius 1 is 0.879 bits per heavy atom. The first-order chi connectivity index (χ1) is 15.8. The molecule has 2 aliphatic heterocycles. The van der Waals surface area contributed by atoms with E-state index in [2.05, 4.69) is 24.1 Å². The molecule has 2 heterocycles. The van der Waals surface area contributed by atoms with Crippen molar-refractivity contribution in [2.45, 2.75) is 58.9 Å². The topological polar surface area (TPSA) is 73.0 Å². The number of piperazine rings is 1. The first-order valence-electron chi connectivity index (χ1n) is 12.5. The molecular formula is C26H40N4O3. The van der Waals surface area contributed by atoms with Gasteiger partial charge in [0.2, 0.25) is 11.8 Å². The fraction of sp³-hybridized carbons (Fsp3) is 0.654. The summed E-state index contributed by atoms with van der Waals surface area (Å²) in [6, 6.07) is 6.90. The van der Waals surface area contributed by atoms with Crippen molar-refractivity contribution in [2.24, 2.45) is 5.92 Å². The average molecular weight is 457 g/mol. The molecule has 7 heteroatoms. The number of hydrogen-bond acceptors (Lipinski definition) is 4. The summed E-state index contributed by atoms with van der Waals surface area (Å²) in [5.41, 5.74) is 1.50. The van der Waals surface area contributed by atoms with E-state index in [1.807, 2.05) is 34.9 Å². The maximum Gasteiger partial charge on any atom is 0.252 e. The van der Waals surface area contributed by atoms with Gasteiger partial charge in [0.05, 0.1) is 6.54 Å². The summed E-state index contributed by atoms with van der Waals surface area (Å²) in [5, 5.41) is 2.99. The second-order valence-electron chi connectivity index (χ2n) is 9.87. The van der Waals surface area contributed by atoms with Crippen molar-refractivity contribution in [3.63, 3.8) is 0 Å². The molecule has 3 rings (SSSR count). The first-order valence-corrected chi connectivity index (χ1v) is 12.5. The lowest BCUT2D eigenvalue weighted by molar-refractivity contribution is -0.136. The Labute approximate surface area is 198 Å². The number of amides is 3. The van der Waals surface area contributed by atoms with E-state index < -0.39 is 6.04 Å². The standard InChI is InChI=1S/C26H40N4O3/c1-20(2)18-23(27-25(32)22-11-7-6-10-21(22)3)26(33)30-16-14-28(15-17-30)19-24(31)29-12-8-4-5-9-13-29/h6-7,10-11,20,23H,4-5,8-9,12-19H2,1-3H3,(H,27,32). The normalized spacial score (nSPS) is 18.7. The summed E-state index contributed by atoms with van der Waals surface area (Å²) in [6.07, 6.45) is 5.22. The van der Waals surface area contributed by atoms with Crippen LogP contribution in [0.25, 0.3) is 0 Å². The smallest absolute Gasteiger partial charge is 0.252 e. The maximum absolute atomic E-state index is 13.3. The van der Waals surface area contributed by atoms with Gasteiger partial charge in [0, 0.05) is 44.8 Å². The Balaban J connectivity index is 1.54. The minimum Gasteiger partial charge on any atom is -0.342 e. The molecule has 3 amide bonds. The molecule has 0 radical (unpaired) electrons. The Morgan fingerprint density at radius 2 is 1.52 bits per heavy atom. The summed E-state index contributed by atoms with van der Waals surface area (Å²) in [6.45, 7) is 10.7. The summed E-state index contributed by atoms with van der Waals surface area (Å²) in [5.74, 6) is 0.265. The molecule has 0 aromatic heterocycles. The summed E-state index contributed by atoms with van der Waals surface area (Å²) < 4.78 is 0. The Kier molecular flexibility index (Phi) is 9.30. The predicted octanol–water partition coefficient (Wildman–Crippen LogP) is 2.69. The fourth-order valence-electron chi connectivity index (χ4n) is 4.71. The van der Waals surface area contributed by atoms with E-state index in [0.717, 1.165) is 31.5 Å². The average Bonchev–Trinajstić information content (AvgIpc) is 3.08. The highest BCUT2D eigenvalue weighted by molar-refractivity contribution is 5.98. The third-order valence-corrected chi connectivity index (χ3v) is 6.70. The van der Waals surface area contributed by atoms with Crippen LogP contribution in [0.1, 0.15) is 61.9 Å². The van der Waals surface area contributed by atoms with Crippen molar-refractivity contribution >= 4 is 17.7 Å². The Bertz CT molecular complexity index is 810. The zero-order chi connectivity index (χ0) is 23.8. The van der Waals surface area contributed by atoms with Gasteiger partial charge in [-0.15, -0.1) is 0 Å². The van der Waals surface area contributed by atoms with Crippen molar-refractivity contribution in [1.82, 2.24) is 20.0 Å². The van der Waals surface area contributed by atoms with Crippen LogP contribution < -0.4 is 5.32 Å². The number of carbonyl (C=O) groups excluding carboxylic acids is 3. The molecule has 0 spiro atoms. The highest BCUT2D eigenvalue weighted by Gasteiger charge is 2.30. The zero-order valence-corrected chi connectivity index (χ0v) is 20.5. The number of carbonyl (C=O) groups is 3. The van der Waals surface area contributed by atoms with Crippen LogP contribution in [0.4, 0.5) is 0 Å². The van der Waals surface area contributed by atoms with Crippen LogP contribution in [0.2, 0.25) is 0 Å². The summed E-state index contributed by atoms with van der Waals surface area (Å²) in [7, 11) is 0.